The van der Waals surface area contributed by atoms with E-state index in [0.29, 0.717) is 12.0 Å². The molecule has 3 atom stereocenters. The predicted octanol–water partition coefficient (Wildman–Crippen LogP) is 5.38. The Morgan fingerprint density at radius 1 is 0.727 bits per heavy atom. The third kappa shape index (κ3) is 7.38. The molecule has 0 radical (unpaired) electrons. The first-order valence-electron chi connectivity index (χ1n) is 11.2. The zero-order chi connectivity index (χ0) is 23.5. The Morgan fingerprint density at radius 3 is 1.70 bits per heavy atom. The Hall–Kier alpha value is -3.28. The number of ether oxygens (including phenoxy) is 3. The number of hydrogen-bond donors (Lipinski definition) is 0. The molecule has 5 heteroatoms. The summed E-state index contributed by atoms with van der Waals surface area (Å²) >= 11 is 0. The van der Waals surface area contributed by atoms with Crippen LogP contribution in [-0.4, -0.2) is 30.1 Å². The van der Waals surface area contributed by atoms with E-state index in [4.69, 9.17) is 14.2 Å². The van der Waals surface area contributed by atoms with Crippen molar-refractivity contribution in [3.8, 4) is 0 Å². The molecule has 0 amide bonds. The van der Waals surface area contributed by atoms with Gasteiger partial charge in [-0.3, -0.25) is 9.59 Å². The van der Waals surface area contributed by atoms with Crippen molar-refractivity contribution in [2.75, 3.05) is 0 Å². The predicted molar refractivity (Wildman–Crippen MR) is 127 cm³/mol. The minimum atomic E-state index is -0.958. The average molecular weight is 447 g/mol. The quantitative estimate of drug-likeness (QED) is 0.276. The zero-order valence-corrected chi connectivity index (χ0v) is 19.1. The molecule has 172 valence electrons. The van der Waals surface area contributed by atoms with Crippen LogP contribution in [0.1, 0.15) is 41.8 Å². The molecular weight excluding hydrogens is 416 g/mol. The molecule has 0 aliphatic carbocycles. The van der Waals surface area contributed by atoms with Gasteiger partial charge in [-0.05, 0) is 17.5 Å². The minimum absolute atomic E-state index is 0.213. The molecule has 0 aromatic heterocycles. The largest absolute Gasteiger partial charge is 0.460 e. The fraction of sp³-hybridized carbons (Fsp3) is 0.286. The highest BCUT2D eigenvalue weighted by Gasteiger charge is 2.38. The maximum Gasteiger partial charge on any atom is 0.302 e. The van der Waals surface area contributed by atoms with E-state index in [0.717, 1.165) is 11.1 Å². The molecular formula is C28H30O5. The molecule has 0 N–H and O–H groups in total. The van der Waals surface area contributed by atoms with Gasteiger partial charge in [0, 0.05) is 12.5 Å². The van der Waals surface area contributed by atoms with Crippen molar-refractivity contribution in [2.45, 2.75) is 51.8 Å². The molecule has 0 saturated heterocycles. The topological polar surface area (TPSA) is 61.8 Å². The summed E-state index contributed by atoms with van der Waals surface area (Å²) in [5.41, 5.74) is 2.40. The SMILES string of the molecule is CC[C@@H](OC(C)=O)[C@@H](OCc1ccccc1)[C@@H](OCc1ccccc1)C(=O)c1ccccc1. The Kier molecular flexibility index (Phi) is 9.36. The molecule has 0 bridgehead atoms. The average Bonchev–Trinajstić information content (AvgIpc) is 2.86. The van der Waals surface area contributed by atoms with Gasteiger partial charge in [0.2, 0.25) is 0 Å². The van der Waals surface area contributed by atoms with Gasteiger partial charge in [0.15, 0.2) is 11.9 Å². The Morgan fingerprint density at radius 2 is 1.21 bits per heavy atom. The van der Waals surface area contributed by atoms with Gasteiger partial charge in [-0.1, -0.05) is 97.9 Å². The summed E-state index contributed by atoms with van der Waals surface area (Å²) in [5.74, 6) is -0.640. The van der Waals surface area contributed by atoms with Crippen molar-refractivity contribution >= 4 is 11.8 Å². The molecule has 3 rings (SSSR count). The van der Waals surface area contributed by atoms with Crippen molar-refractivity contribution in [2.24, 2.45) is 0 Å². The molecule has 0 saturated carbocycles. The van der Waals surface area contributed by atoms with E-state index in [-0.39, 0.29) is 19.0 Å². The summed E-state index contributed by atoms with van der Waals surface area (Å²) in [6.45, 7) is 3.74. The third-order valence-electron chi connectivity index (χ3n) is 5.26. The normalized spacial score (nSPS) is 13.6. The number of carbonyl (C=O) groups is 2. The van der Waals surface area contributed by atoms with Crippen LogP contribution in [0.25, 0.3) is 0 Å². The van der Waals surface area contributed by atoms with Crippen LogP contribution in [0.3, 0.4) is 0 Å². The number of carbonyl (C=O) groups excluding carboxylic acids is 2. The highest BCUT2D eigenvalue weighted by Crippen LogP contribution is 2.22. The van der Waals surface area contributed by atoms with E-state index in [2.05, 4.69) is 0 Å². The highest BCUT2D eigenvalue weighted by molar-refractivity contribution is 6.00. The molecule has 0 aliphatic rings. The molecule has 5 nitrogen and oxygen atoms in total. The zero-order valence-electron chi connectivity index (χ0n) is 19.1. The van der Waals surface area contributed by atoms with Gasteiger partial charge in [-0.2, -0.15) is 0 Å². The number of hydrogen-bond acceptors (Lipinski definition) is 5. The smallest absolute Gasteiger partial charge is 0.302 e. The van der Waals surface area contributed by atoms with Crippen molar-refractivity contribution < 1.29 is 23.8 Å². The van der Waals surface area contributed by atoms with Crippen LogP contribution in [0, 0.1) is 0 Å². The van der Waals surface area contributed by atoms with Gasteiger partial charge in [0.25, 0.3) is 0 Å². The second-order valence-corrected chi connectivity index (χ2v) is 7.76. The fourth-order valence-electron chi connectivity index (χ4n) is 3.60. The maximum absolute atomic E-state index is 13.6. The van der Waals surface area contributed by atoms with E-state index < -0.39 is 24.3 Å². The van der Waals surface area contributed by atoms with Gasteiger partial charge in [0.05, 0.1) is 13.2 Å². The Balaban J connectivity index is 1.92. The van der Waals surface area contributed by atoms with Gasteiger partial charge in [-0.15, -0.1) is 0 Å². The summed E-state index contributed by atoms with van der Waals surface area (Å²) in [5, 5.41) is 0. The van der Waals surface area contributed by atoms with Crippen LogP contribution < -0.4 is 0 Å². The first kappa shape index (κ1) is 24.4. The number of esters is 1. The molecule has 3 aromatic rings. The van der Waals surface area contributed by atoms with Gasteiger partial charge in [0.1, 0.15) is 12.2 Å². The lowest BCUT2D eigenvalue weighted by Gasteiger charge is -2.32. The number of benzene rings is 3. The van der Waals surface area contributed by atoms with Crippen molar-refractivity contribution in [1.29, 1.82) is 0 Å². The van der Waals surface area contributed by atoms with E-state index in [1.54, 1.807) is 12.1 Å². The molecule has 33 heavy (non-hydrogen) atoms. The van der Waals surface area contributed by atoms with Crippen LogP contribution in [-0.2, 0) is 32.2 Å². The molecule has 0 heterocycles. The van der Waals surface area contributed by atoms with E-state index in [1.165, 1.54) is 6.92 Å². The molecule has 0 aliphatic heterocycles. The van der Waals surface area contributed by atoms with Crippen molar-refractivity contribution in [3.63, 3.8) is 0 Å². The van der Waals surface area contributed by atoms with Crippen LogP contribution >= 0.6 is 0 Å². The van der Waals surface area contributed by atoms with Crippen molar-refractivity contribution in [1.82, 2.24) is 0 Å². The first-order chi connectivity index (χ1) is 16.1. The molecule has 3 aromatic carbocycles. The summed E-state index contributed by atoms with van der Waals surface area (Å²) in [7, 11) is 0. The Bertz CT molecular complexity index is 989. The van der Waals surface area contributed by atoms with E-state index in [1.807, 2.05) is 85.8 Å². The first-order valence-corrected chi connectivity index (χ1v) is 11.2. The summed E-state index contributed by atoms with van der Waals surface area (Å²) in [6.07, 6.45) is -1.90. The summed E-state index contributed by atoms with van der Waals surface area (Å²) in [6, 6.07) is 28.3. The summed E-state index contributed by atoms with van der Waals surface area (Å²) < 4.78 is 18.0. The summed E-state index contributed by atoms with van der Waals surface area (Å²) in [4.78, 5) is 25.4. The monoisotopic (exact) mass is 446 g/mol. The lowest BCUT2D eigenvalue weighted by atomic mass is 9.97. The van der Waals surface area contributed by atoms with Gasteiger partial charge < -0.3 is 14.2 Å². The molecule has 0 unspecified atom stereocenters. The van der Waals surface area contributed by atoms with Crippen LogP contribution in [0.2, 0.25) is 0 Å². The van der Waals surface area contributed by atoms with E-state index >= 15 is 0 Å². The van der Waals surface area contributed by atoms with Crippen LogP contribution in [0.15, 0.2) is 91.0 Å². The minimum Gasteiger partial charge on any atom is -0.460 e. The second kappa shape index (κ2) is 12.7. The molecule has 0 fully saturated rings. The lowest BCUT2D eigenvalue weighted by molar-refractivity contribution is -0.166. The lowest BCUT2D eigenvalue weighted by Crippen LogP contribution is -2.47. The second-order valence-electron chi connectivity index (χ2n) is 7.76. The number of rotatable bonds is 12. The molecule has 0 spiro atoms. The van der Waals surface area contributed by atoms with E-state index in [9.17, 15) is 9.59 Å². The van der Waals surface area contributed by atoms with Crippen molar-refractivity contribution in [3.05, 3.63) is 108 Å². The highest BCUT2D eigenvalue weighted by atomic mass is 16.6. The number of ketones is 1. The third-order valence-corrected chi connectivity index (χ3v) is 5.26. The van der Waals surface area contributed by atoms with Gasteiger partial charge >= 0.3 is 5.97 Å². The van der Waals surface area contributed by atoms with Crippen LogP contribution in [0.5, 0.6) is 0 Å². The van der Waals surface area contributed by atoms with Crippen LogP contribution in [0.4, 0.5) is 0 Å². The Labute approximate surface area is 195 Å². The maximum atomic E-state index is 13.6. The standard InChI is InChI=1S/C28H30O5/c1-3-25(33-21(2)29)27(31-19-22-13-7-4-8-14-22)28(26(30)24-17-11-6-12-18-24)32-20-23-15-9-5-10-16-23/h4-18,25,27-28H,3,19-20H2,1-2H3/t25-,27-,28+/m1/s1. The number of Topliss-reactive ketones (excluding diaryl/α,β-unsaturated/α-hetero) is 1. The van der Waals surface area contributed by atoms with Gasteiger partial charge in [-0.25, -0.2) is 0 Å². The fourth-order valence-corrected chi connectivity index (χ4v) is 3.60.